The van der Waals surface area contributed by atoms with Crippen molar-refractivity contribution in [2.75, 3.05) is 0 Å². The van der Waals surface area contributed by atoms with Crippen LogP contribution in [0.25, 0.3) is 56.0 Å². The average molecular weight is 388 g/mol. The first-order valence-electron chi connectivity index (χ1n) is 9.64. The summed E-state index contributed by atoms with van der Waals surface area (Å²) in [5, 5.41) is 0. The van der Waals surface area contributed by atoms with Crippen LogP contribution in [0.3, 0.4) is 0 Å². The van der Waals surface area contributed by atoms with E-state index in [1.807, 2.05) is 42.6 Å². The molecule has 0 amide bonds. The fraction of sp³-hybridized carbons (Fsp3) is 0. The molecule has 6 rings (SSSR count). The molecular formula is C24H16N6. The topological polar surface area (TPSA) is 83.1 Å². The van der Waals surface area contributed by atoms with Crippen molar-refractivity contribution < 1.29 is 0 Å². The summed E-state index contributed by atoms with van der Waals surface area (Å²) in [4.78, 5) is 24.5. The Hall–Kier alpha value is -4.32. The third-order valence-corrected chi connectivity index (χ3v) is 5.19. The minimum absolute atomic E-state index is 0.821. The van der Waals surface area contributed by atoms with E-state index < -0.39 is 0 Å². The van der Waals surface area contributed by atoms with Gasteiger partial charge in [-0.25, -0.2) is 9.97 Å². The minimum Gasteiger partial charge on any atom is -0.338 e. The van der Waals surface area contributed by atoms with E-state index in [9.17, 15) is 0 Å². The molecule has 0 saturated heterocycles. The zero-order valence-corrected chi connectivity index (χ0v) is 15.9. The number of pyridine rings is 2. The fourth-order valence-electron chi connectivity index (χ4n) is 3.66. The van der Waals surface area contributed by atoms with Gasteiger partial charge in [-0.05, 0) is 59.7 Å². The maximum atomic E-state index is 4.70. The van der Waals surface area contributed by atoms with Crippen LogP contribution in [0.15, 0.2) is 85.5 Å². The molecule has 6 nitrogen and oxygen atoms in total. The molecule has 0 saturated carbocycles. The van der Waals surface area contributed by atoms with Crippen LogP contribution >= 0.6 is 0 Å². The van der Waals surface area contributed by atoms with Crippen molar-refractivity contribution in [2.24, 2.45) is 0 Å². The quantitative estimate of drug-likeness (QED) is 0.435. The highest BCUT2D eigenvalue weighted by Crippen LogP contribution is 2.29. The van der Waals surface area contributed by atoms with E-state index in [0.29, 0.717) is 0 Å². The predicted molar refractivity (Wildman–Crippen MR) is 118 cm³/mol. The molecule has 2 aromatic carbocycles. The lowest BCUT2D eigenvalue weighted by Crippen LogP contribution is -1.80. The number of rotatable bonds is 3. The number of H-pyrrole nitrogens is 2. The molecule has 6 heteroatoms. The van der Waals surface area contributed by atoms with Gasteiger partial charge in [0.25, 0.3) is 0 Å². The summed E-state index contributed by atoms with van der Waals surface area (Å²) < 4.78 is 0. The lowest BCUT2D eigenvalue weighted by Gasteiger charge is -2.01. The Morgan fingerprint density at radius 1 is 0.533 bits per heavy atom. The molecule has 0 radical (unpaired) electrons. The van der Waals surface area contributed by atoms with E-state index in [4.69, 9.17) is 4.98 Å². The van der Waals surface area contributed by atoms with Crippen LogP contribution in [0, 0.1) is 0 Å². The molecule has 4 aromatic heterocycles. The molecule has 4 heterocycles. The second kappa shape index (κ2) is 6.63. The SMILES string of the molecule is c1cncc(-c2nc3ccc(-c4ccc5nc(-c6ccncc6)[nH]c5c4)cc3[nH]2)c1. The van der Waals surface area contributed by atoms with Crippen LogP contribution in [0.1, 0.15) is 0 Å². The molecule has 6 aromatic rings. The number of benzene rings is 2. The van der Waals surface area contributed by atoms with Crippen molar-refractivity contribution in [1.82, 2.24) is 29.9 Å². The van der Waals surface area contributed by atoms with Gasteiger partial charge < -0.3 is 9.97 Å². The molecule has 2 N–H and O–H groups in total. The Morgan fingerprint density at radius 3 is 1.77 bits per heavy atom. The van der Waals surface area contributed by atoms with Crippen LogP contribution in [0.2, 0.25) is 0 Å². The third kappa shape index (κ3) is 2.82. The molecule has 0 fully saturated rings. The second-order valence-corrected chi connectivity index (χ2v) is 7.11. The monoisotopic (exact) mass is 388 g/mol. The number of nitrogens with zero attached hydrogens (tertiary/aromatic N) is 4. The zero-order chi connectivity index (χ0) is 19.9. The molecule has 0 unspecified atom stereocenters. The van der Waals surface area contributed by atoms with E-state index >= 15 is 0 Å². The Kier molecular flexibility index (Phi) is 3.67. The first-order valence-corrected chi connectivity index (χ1v) is 9.64. The second-order valence-electron chi connectivity index (χ2n) is 7.11. The standard InChI is InChI=1S/C24H16N6/c1-2-18(14-26-9-1)24-28-20-6-4-17(13-22(20)30-24)16-3-5-19-21(12-16)29-23(27-19)15-7-10-25-11-8-15/h1-14H,(H,27,29)(H,28,30). The van der Waals surface area contributed by atoms with Crippen LogP contribution in [-0.2, 0) is 0 Å². The normalized spacial score (nSPS) is 11.3. The van der Waals surface area contributed by atoms with E-state index in [1.54, 1.807) is 18.6 Å². The van der Waals surface area contributed by atoms with Gasteiger partial charge in [-0.2, -0.15) is 0 Å². The number of aromatic nitrogens is 6. The number of fused-ring (bicyclic) bond motifs is 2. The average Bonchev–Trinajstić information content (AvgIpc) is 3.43. The van der Waals surface area contributed by atoms with E-state index in [-0.39, 0.29) is 0 Å². The van der Waals surface area contributed by atoms with Gasteiger partial charge in [0.15, 0.2) is 0 Å². The Bertz CT molecular complexity index is 1370. The molecule has 30 heavy (non-hydrogen) atoms. The molecule has 0 aliphatic rings. The van der Waals surface area contributed by atoms with Gasteiger partial charge >= 0.3 is 0 Å². The number of hydrogen-bond acceptors (Lipinski definition) is 4. The lowest BCUT2D eigenvalue weighted by molar-refractivity contribution is 1.27. The van der Waals surface area contributed by atoms with Crippen molar-refractivity contribution in [3.63, 3.8) is 0 Å². The third-order valence-electron chi connectivity index (χ3n) is 5.19. The van der Waals surface area contributed by atoms with Gasteiger partial charge in [-0.1, -0.05) is 12.1 Å². The largest absolute Gasteiger partial charge is 0.338 e. The molecule has 0 bridgehead atoms. The number of hydrogen-bond donors (Lipinski definition) is 2. The van der Waals surface area contributed by atoms with Crippen LogP contribution < -0.4 is 0 Å². The number of aromatic amines is 2. The number of nitrogens with one attached hydrogen (secondary N) is 2. The Balaban J connectivity index is 1.40. The first-order chi connectivity index (χ1) is 14.8. The van der Waals surface area contributed by atoms with Gasteiger partial charge in [0.1, 0.15) is 11.6 Å². The van der Waals surface area contributed by atoms with Crippen LogP contribution in [0.5, 0.6) is 0 Å². The maximum absolute atomic E-state index is 4.70. The van der Waals surface area contributed by atoms with Gasteiger partial charge in [-0.3, -0.25) is 9.97 Å². The fourth-order valence-corrected chi connectivity index (χ4v) is 3.66. The highest BCUT2D eigenvalue weighted by Gasteiger charge is 2.09. The summed E-state index contributed by atoms with van der Waals surface area (Å²) in [7, 11) is 0. The van der Waals surface area contributed by atoms with Crippen LogP contribution in [-0.4, -0.2) is 29.9 Å². The molecule has 142 valence electrons. The minimum atomic E-state index is 0.821. The highest BCUT2D eigenvalue weighted by atomic mass is 14.9. The summed E-state index contributed by atoms with van der Waals surface area (Å²) in [6.07, 6.45) is 7.11. The van der Waals surface area contributed by atoms with E-state index in [0.717, 1.165) is 56.0 Å². The van der Waals surface area contributed by atoms with Crippen molar-refractivity contribution in [1.29, 1.82) is 0 Å². The summed E-state index contributed by atoms with van der Waals surface area (Å²) in [5.74, 6) is 1.66. The van der Waals surface area contributed by atoms with Crippen molar-refractivity contribution in [3.8, 4) is 33.9 Å². The molecule has 0 aliphatic carbocycles. The van der Waals surface area contributed by atoms with E-state index in [1.165, 1.54) is 0 Å². The molecular weight excluding hydrogens is 372 g/mol. The maximum Gasteiger partial charge on any atom is 0.140 e. The van der Waals surface area contributed by atoms with Crippen molar-refractivity contribution in [2.45, 2.75) is 0 Å². The number of imidazole rings is 2. The predicted octanol–water partition coefficient (Wildman–Crippen LogP) is 5.23. The van der Waals surface area contributed by atoms with Gasteiger partial charge in [-0.15, -0.1) is 0 Å². The molecule has 0 spiro atoms. The Morgan fingerprint density at radius 2 is 1.17 bits per heavy atom. The van der Waals surface area contributed by atoms with Gasteiger partial charge in [0, 0.05) is 35.9 Å². The first kappa shape index (κ1) is 16.6. The van der Waals surface area contributed by atoms with Gasteiger partial charge in [0.05, 0.1) is 22.1 Å². The van der Waals surface area contributed by atoms with Gasteiger partial charge in [0.2, 0.25) is 0 Å². The van der Waals surface area contributed by atoms with Crippen molar-refractivity contribution >= 4 is 22.1 Å². The molecule has 0 atom stereocenters. The Labute approximate surface area is 171 Å². The van der Waals surface area contributed by atoms with Crippen molar-refractivity contribution in [3.05, 3.63) is 85.5 Å². The summed E-state index contributed by atoms with van der Waals surface area (Å²) in [6.45, 7) is 0. The van der Waals surface area contributed by atoms with E-state index in [2.05, 4.69) is 49.2 Å². The molecule has 0 aliphatic heterocycles. The zero-order valence-electron chi connectivity index (χ0n) is 15.9. The van der Waals surface area contributed by atoms with Crippen LogP contribution in [0.4, 0.5) is 0 Å². The summed E-state index contributed by atoms with van der Waals surface area (Å²) in [5.41, 5.74) is 8.08. The summed E-state index contributed by atoms with van der Waals surface area (Å²) in [6, 6.07) is 20.3. The lowest BCUT2D eigenvalue weighted by atomic mass is 10.0. The smallest absolute Gasteiger partial charge is 0.140 e. The highest BCUT2D eigenvalue weighted by molar-refractivity contribution is 5.88. The summed E-state index contributed by atoms with van der Waals surface area (Å²) >= 11 is 0.